The van der Waals surface area contributed by atoms with Crippen LogP contribution in [0.25, 0.3) is 0 Å². The molecule has 0 aliphatic carbocycles. The summed E-state index contributed by atoms with van der Waals surface area (Å²) < 4.78 is 5.59. The minimum atomic E-state index is -1.08. The van der Waals surface area contributed by atoms with Crippen LogP contribution < -0.4 is 4.74 Å². The van der Waals surface area contributed by atoms with Crippen LogP contribution in [-0.2, 0) is 9.59 Å². The lowest BCUT2D eigenvalue weighted by Gasteiger charge is -2.24. The van der Waals surface area contributed by atoms with Crippen LogP contribution in [0.4, 0.5) is 0 Å². The molecule has 1 rings (SSSR count). The second kappa shape index (κ2) is 7.69. The summed E-state index contributed by atoms with van der Waals surface area (Å²) in [4.78, 5) is 24.2. The minimum Gasteiger partial charge on any atom is -0.481 e. The van der Waals surface area contributed by atoms with Gasteiger partial charge in [-0.2, -0.15) is 0 Å². The lowest BCUT2D eigenvalue weighted by molar-refractivity contribution is -0.147. The third-order valence-electron chi connectivity index (χ3n) is 2.78. The van der Waals surface area contributed by atoms with Crippen LogP contribution in [0.3, 0.4) is 0 Å². The molecule has 114 valence electrons. The highest BCUT2D eigenvalue weighted by Crippen LogP contribution is 2.23. The molecule has 1 amide bonds. The number of nitrogens with zero attached hydrogens (tertiary/aromatic N) is 1. The molecule has 1 atom stereocenters. The average molecular weight is 312 g/mol. The van der Waals surface area contributed by atoms with Gasteiger partial charge in [-0.25, -0.2) is 0 Å². The smallest absolute Gasteiger partial charge is 0.323 e. The number of rotatable bonds is 7. The van der Waals surface area contributed by atoms with Gasteiger partial charge in [-0.05, 0) is 37.6 Å². The summed E-state index contributed by atoms with van der Waals surface area (Å²) >= 11 is 5.86. The van der Waals surface area contributed by atoms with Crippen molar-refractivity contribution in [3.05, 3.63) is 41.4 Å². The summed E-state index contributed by atoms with van der Waals surface area (Å²) in [6.07, 6.45) is 0.672. The van der Waals surface area contributed by atoms with Gasteiger partial charge in [-0.1, -0.05) is 17.7 Å². The van der Waals surface area contributed by atoms with E-state index in [4.69, 9.17) is 21.4 Å². The molecule has 0 aliphatic heterocycles. The number of aryl methyl sites for hydroxylation is 1. The molecule has 0 aliphatic rings. The van der Waals surface area contributed by atoms with E-state index in [2.05, 4.69) is 6.58 Å². The van der Waals surface area contributed by atoms with Crippen LogP contribution in [0, 0.1) is 6.92 Å². The second-order valence-electron chi connectivity index (χ2n) is 4.57. The first-order valence-corrected chi connectivity index (χ1v) is 6.77. The maximum atomic E-state index is 12.2. The topological polar surface area (TPSA) is 66.8 Å². The standard InChI is InChI=1S/C15H18ClNO4/c1-4-7-17(9-14(18)19)15(20)11(3)21-13-6-5-12(16)8-10(13)2/h4-6,8,11H,1,7,9H2,2-3H3,(H,18,19). The van der Waals surface area contributed by atoms with Gasteiger partial charge in [0.1, 0.15) is 12.3 Å². The molecule has 0 radical (unpaired) electrons. The van der Waals surface area contributed by atoms with Crippen LogP contribution in [0.1, 0.15) is 12.5 Å². The number of carboxylic acid groups (broad SMARTS) is 1. The van der Waals surface area contributed by atoms with Crippen molar-refractivity contribution in [2.75, 3.05) is 13.1 Å². The number of aliphatic carboxylic acids is 1. The molecule has 6 heteroatoms. The van der Waals surface area contributed by atoms with Gasteiger partial charge in [-0.15, -0.1) is 6.58 Å². The maximum Gasteiger partial charge on any atom is 0.323 e. The predicted molar refractivity (Wildman–Crippen MR) is 80.7 cm³/mol. The van der Waals surface area contributed by atoms with Crippen molar-refractivity contribution in [3.8, 4) is 5.75 Å². The molecule has 21 heavy (non-hydrogen) atoms. The Morgan fingerprint density at radius 1 is 1.52 bits per heavy atom. The Morgan fingerprint density at radius 3 is 2.71 bits per heavy atom. The molecule has 0 aromatic heterocycles. The molecule has 1 aromatic carbocycles. The molecule has 0 fully saturated rings. The number of ether oxygens (including phenoxy) is 1. The van der Waals surface area contributed by atoms with Crippen molar-refractivity contribution in [3.63, 3.8) is 0 Å². The highest BCUT2D eigenvalue weighted by molar-refractivity contribution is 6.30. The molecule has 0 bridgehead atoms. The maximum absolute atomic E-state index is 12.2. The lowest BCUT2D eigenvalue weighted by atomic mass is 10.2. The molecule has 0 saturated carbocycles. The van der Waals surface area contributed by atoms with Crippen LogP contribution in [0.15, 0.2) is 30.9 Å². The van der Waals surface area contributed by atoms with Gasteiger partial charge in [0.05, 0.1) is 0 Å². The highest BCUT2D eigenvalue weighted by atomic mass is 35.5. The van der Waals surface area contributed by atoms with Gasteiger partial charge in [0.25, 0.3) is 5.91 Å². The number of hydrogen-bond donors (Lipinski definition) is 1. The summed E-state index contributed by atoms with van der Waals surface area (Å²) in [6, 6.07) is 5.07. The Morgan fingerprint density at radius 2 is 2.19 bits per heavy atom. The average Bonchev–Trinajstić information content (AvgIpc) is 2.40. The van der Waals surface area contributed by atoms with Gasteiger partial charge >= 0.3 is 5.97 Å². The summed E-state index contributed by atoms with van der Waals surface area (Å²) in [5.41, 5.74) is 0.802. The zero-order valence-electron chi connectivity index (χ0n) is 12.0. The van der Waals surface area contributed by atoms with Gasteiger partial charge in [0, 0.05) is 11.6 Å². The number of hydrogen-bond acceptors (Lipinski definition) is 3. The molecule has 0 saturated heterocycles. The Bertz CT molecular complexity index is 544. The summed E-state index contributed by atoms with van der Waals surface area (Å²) in [7, 11) is 0. The minimum absolute atomic E-state index is 0.151. The van der Waals surface area contributed by atoms with Crippen molar-refractivity contribution in [1.82, 2.24) is 4.90 Å². The summed E-state index contributed by atoms with van der Waals surface area (Å²) in [5.74, 6) is -0.958. The van der Waals surface area contributed by atoms with Crippen molar-refractivity contribution in [2.45, 2.75) is 20.0 Å². The SMILES string of the molecule is C=CCN(CC(=O)O)C(=O)C(C)Oc1ccc(Cl)cc1C. The van der Waals surface area contributed by atoms with Crippen molar-refractivity contribution < 1.29 is 19.4 Å². The summed E-state index contributed by atoms with van der Waals surface area (Å²) in [5, 5.41) is 9.40. The van der Waals surface area contributed by atoms with Gasteiger partial charge in [-0.3, -0.25) is 9.59 Å². The Balaban J connectivity index is 2.80. The molecule has 1 N–H and O–H groups in total. The predicted octanol–water partition coefficient (Wildman–Crippen LogP) is 2.51. The Labute approximate surface area is 128 Å². The van der Waals surface area contributed by atoms with E-state index >= 15 is 0 Å². The molecular weight excluding hydrogens is 294 g/mol. The summed E-state index contributed by atoms with van der Waals surface area (Å²) in [6.45, 7) is 6.67. The molecule has 0 spiro atoms. The number of carboxylic acids is 1. The fraction of sp³-hybridized carbons (Fsp3) is 0.333. The lowest BCUT2D eigenvalue weighted by Crippen LogP contribution is -2.43. The molecular formula is C15H18ClNO4. The van der Waals surface area contributed by atoms with Gasteiger partial charge in [0.15, 0.2) is 6.10 Å². The van der Waals surface area contributed by atoms with Gasteiger partial charge in [0.2, 0.25) is 0 Å². The van der Waals surface area contributed by atoms with Crippen LogP contribution in [0.2, 0.25) is 5.02 Å². The number of carbonyl (C=O) groups excluding carboxylic acids is 1. The fourth-order valence-electron chi connectivity index (χ4n) is 1.79. The van der Waals surface area contributed by atoms with E-state index in [0.29, 0.717) is 10.8 Å². The van der Waals surface area contributed by atoms with Crippen LogP contribution in [0.5, 0.6) is 5.75 Å². The molecule has 5 nitrogen and oxygen atoms in total. The van der Waals surface area contributed by atoms with Crippen molar-refractivity contribution >= 4 is 23.5 Å². The van der Waals surface area contributed by atoms with Crippen molar-refractivity contribution in [1.29, 1.82) is 0 Å². The second-order valence-corrected chi connectivity index (χ2v) is 5.01. The third kappa shape index (κ3) is 5.11. The van der Waals surface area contributed by atoms with Gasteiger partial charge < -0.3 is 14.7 Å². The zero-order valence-corrected chi connectivity index (χ0v) is 12.8. The quantitative estimate of drug-likeness (QED) is 0.786. The van der Waals surface area contributed by atoms with E-state index in [1.807, 2.05) is 6.92 Å². The fourth-order valence-corrected chi connectivity index (χ4v) is 2.02. The highest BCUT2D eigenvalue weighted by Gasteiger charge is 2.23. The molecule has 0 heterocycles. The molecule has 1 unspecified atom stereocenters. The van der Waals surface area contributed by atoms with E-state index in [1.54, 1.807) is 25.1 Å². The van der Waals surface area contributed by atoms with E-state index < -0.39 is 24.5 Å². The first-order chi connectivity index (χ1) is 9.85. The van der Waals surface area contributed by atoms with Crippen LogP contribution >= 0.6 is 11.6 Å². The number of amides is 1. The van der Waals surface area contributed by atoms with Crippen molar-refractivity contribution in [2.24, 2.45) is 0 Å². The van der Waals surface area contributed by atoms with E-state index in [9.17, 15) is 9.59 Å². The molecule has 1 aromatic rings. The number of halogens is 1. The first kappa shape index (κ1) is 17.0. The van der Waals surface area contributed by atoms with E-state index in [0.717, 1.165) is 5.56 Å². The van der Waals surface area contributed by atoms with E-state index in [1.165, 1.54) is 11.0 Å². The zero-order chi connectivity index (χ0) is 16.0. The number of carbonyl (C=O) groups is 2. The van der Waals surface area contributed by atoms with Crippen LogP contribution in [-0.4, -0.2) is 41.1 Å². The third-order valence-corrected chi connectivity index (χ3v) is 3.01. The largest absolute Gasteiger partial charge is 0.481 e. The monoisotopic (exact) mass is 311 g/mol. The number of benzene rings is 1. The van der Waals surface area contributed by atoms with E-state index in [-0.39, 0.29) is 6.54 Å². The first-order valence-electron chi connectivity index (χ1n) is 6.39. The normalized spacial score (nSPS) is 11.6. The Kier molecular flexibility index (Phi) is 6.24. The Hall–Kier alpha value is -2.01.